The predicted molar refractivity (Wildman–Crippen MR) is 66.3 cm³/mol. The number of nitriles is 1. The first-order valence-corrected chi connectivity index (χ1v) is 5.56. The summed E-state index contributed by atoms with van der Waals surface area (Å²) in [6, 6.07) is 9.78. The van der Waals surface area contributed by atoms with Gasteiger partial charge in [0.2, 0.25) is 0 Å². The summed E-state index contributed by atoms with van der Waals surface area (Å²) in [5.41, 5.74) is 1.30. The Kier molecular flexibility index (Phi) is 3.35. The van der Waals surface area contributed by atoms with Gasteiger partial charge in [-0.2, -0.15) is 5.26 Å². The first-order chi connectivity index (χ1) is 8.19. The van der Waals surface area contributed by atoms with Gasteiger partial charge in [-0.25, -0.2) is 9.37 Å². The van der Waals surface area contributed by atoms with Crippen LogP contribution < -0.4 is 5.32 Å². The molecule has 0 amide bonds. The highest BCUT2D eigenvalue weighted by Gasteiger charge is 2.03. The van der Waals surface area contributed by atoms with E-state index < -0.39 is 0 Å². The highest BCUT2D eigenvalue weighted by Crippen LogP contribution is 2.23. The third-order valence-electron chi connectivity index (χ3n) is 2.09. The molecule has 2 rings (SSSR count). The van der Waals surface area contributed by atoms with Crippen LogP contribution in [-0.2, 0) is 0 Å². The highest BCUT2D eigenvalue weighted by atomic mass is 79.9. The van der Waals surface area contributed by atoms with E-state index in [0.717, 1.165) is 4.47 Å². The van der Waals surface area contributed by atoms with Crippen molar-refractivity contribution >= 4 is 27.3 Å². The molecule has 0 spiro atoms. The van der Waals surface area contributed by atoms with Crippen molar-refractivity contribution in [2.75, 3.05) is 5.32 Å². The molecule has 17 heavy (non-hydrogen) atoms. The van der Waals surface area contributed by atoms with E-state index in [9.17, 15) is 4.39 Å². The molecule has 0 fully saturated rings. The normalized spacial score (nSPS) is 9.71. The van der Waals surface area contributed by atoms with Crippen LogP contribution in [0.5, 0.6) is 0 Å². The molecule has 0 radical (unpaired) electrons. The summed E-state index contributed by atoms with van der Waals surface area (Å²) in [7, 11) is 0. The van der Waals surface area contributed by atoms with Gasteiger partial charge in [0.15, 0.2) is 0 Å². The topological polar surface area (TPSA) is 48.7 Å². The van der Waals surface area contributed by atoms with Gasteiger partial charge in [0.1, 0.15) is 17.6 Å². The molecule has 1 N–H and O–H groups in total. The van der Waals surface area contributed by atoms with Crippen LogP contribution in [0.25, 0.3) is 0 Å². The fraction of sp³-hybridized carbons (Fsp3) is 0. The SMILES string of the molecule is N#Cc1ccc(Nc2cc(Br)ccc2F)cn1. The molecule has 1 aromatic heterocycles. The second-order valence-electron chi connectivity index (χ2n) is 3.29. The first kappa shape index (κ1) is 11.6. The predicted octanol–water partition coefficient (Wildman–Crippen LogP) is 3.60. The van der Waals surface area contributed by atoms with Gasteiger partial charge in [0.05, 0.1) is 17.6 Å². The van der Waals surface area contributed by atoms with Crippen LogP contribution in [0.4, 0.5) is 15.8 Å². The Bertz CT molecular complexity index is 575. The standard InChI is InChI=1S/C12H7BrFN3/c13-8-1-4-11(14)12(5-8)17-10-3-2-9(6-15)16-7-10/h1-5,7,17H. The smallest absolute Gasteiger partial charge is 0.146 e. The van der Waals surface area contributed by atoms with Crippen molar-refractivity contribution in [3.05, 3.63) is 52.5 Å². The van der Waals surface area contributed by atoms with E-state index in [4.69, 9.17) is 5.26 Å². The van der Waals surface area contributed by atoms with Crippen LogP contribution in [0, 0.1) is 17.1 Å². The Labute approximate surface area is 106 Å². The molecule has 0 aliphatic carbocycles. The fourth-order valence-corrected chi connectivity index (χ4v) is 1.64. The minimum Gasteiger partial charge on any atom is -0.352 e. The molecule has 0 aliphatic rings. The van der Waals surface area contributed by atoms with Gasteiger partial charge in [0.25, 0.3) is 0 Å². The molecule has 1 aromatic carbocycles. The lowest BCUT2D eigenvalue weighted by Gasteiger charge is -2.07. The number of pyridine rings is 1. The molecule has 0 aliphatic heterocycles. The van der Waals surface area contributed by atoms with Crippen LogP contribution in [-0.4, -0.2) is 4.98 Å². The first-order valence-electron chi connectivity index (χ1n) is 4.77. The molecule has 5 heteroatoms. The molecule has 0 saturated carbocycles. The Hall–Kier alpha value is -1.93. The van der Waals surface area contributed by atoms with Crippen molar-refractivity contribution < 1.29 is 4.39 Å². The minimum atomic E-state index is -0.349. The third-order valence-corrected chi connectivity index (χ3v) is 2.58. The Balaban J connectivity index is 2.25. The Morgan fingerprint density at radius 1 is 1.29 bits per heavy atom. The van der Waals surface area contributed by atoms with Gasteiger partial charge in [-0.15, -0.1) is 0 Å². The van der Waals surface area contributed by atoms with Crippen molar-refractivity contribution in [2.45, 2.75) is 0 Å². The molecule has 0 saturated heterocycles. The number of nitrogens with zero attached hydrogens (tertiary/aromatic N) is 2. The van der Waals surface area contributed by atoms with Crippen LogP contribution >= 0.6 is 15.9 Å². The minimum absolute atomic E-state index is 0.324. The number of nitrogens with one attached hydrogen (secondary N) is 1. The van der Waals surface area contributed by atoms with E-state index in [0.29, 0.717) is 17.1 Å². The maximum Gasteiger partial charge on any atom is 0.146 e. The zero-order valence-electron chi connectivity index (χ0n) is 8.61. The Morgan fingerprint density at radius 2 is 2.12 bits per heavy atom. The van der Waals surface area contributed by atoms with E-state index in [2.05, 4.69) is 26.2 Å². The van der Waals surface area contributed by atoms with Crippen LogP contribution in [0.3, 0.4) is 0 Å². The lowest BCUT2D eigenvalue weighted by molar-refractivity contribution is 0.631. The lowest BCUT2D eigenvalue weighted by atomic mass is 10.3. The summed E-state index contributed by atoms with van der Waals surface area (Å²) >= 11 is 3.27. The number of anilines is 2. The summed E-state index contributed by atoms with van der Waals surface area (Å²) in [6.45, 7) is 0. The number of benzene rings is 1. The van der Waals surface area contributed by atoms with Crippen molar-refractivity contribution in [2.24, 2.45) is 0 Å². The molecule has 84 valence electrons. The van der Waals surface area contributed by atoms with E-state index in [1.54, 1.807) is 24.3 Å². The highest BCUT2D eigenvalue weighted by molar-refractivity contribution is 9.10. The number of hydrogen-bond acceptors (Lipinski definition) is 3. The number of rotatable bonds is 2. The fourth-order valence-electron chi connectivity index (χ4n) is 1.28. The maximum atomic E-state index is 13.4. The maximum absolute atomic E-state index is 13.4. The van der Waals surface area contributed by atoms with Crippen LogP contribution in [0.1, 0.15) is 5.69 Å². The summed E-state index contributed by atoms with van der Waals surface area (Å²) in [5, 5.41) is 11.5. The van der Waals surface area contributed by atoms with Crippen molar-refractivity contribution in [3.63, 3.8) is 0 Å². The van der Waals surface area contributed by atoms with Crippen molar-refractivity contribution in [1.29, 1.82) is 5.26 Å². The van der Waals surface area contributed by atoms with Gasteiger partial charge in [-0.3, -0.25) is 0 Å². The molecule has 0 unspecified atom stereocenters. The monoisotopic (exact) mass is 291 g/mol. The van der Waals surface area contributed by atoms with Gasteiger partial charge < -0.3 is 5.32 Å². The molecule has 2 aromatic rings. The number of halogens is 2. The van der Waals surface area contributed by atoms with E-state index in [1.807, 2.05) is 6.07 Å². The number of hydrogen-bond donors (Lipinski definition) is 1. The number of aromatic nitrogens is 1. The van der Waals surface area contributed by atoms with Crippen LogP contribution in [0.2, 0.25) is 0 Å². The van der Waals surface area contributed by atoms with Gasteiger partial charge in [-0.05, 0) is 30.3 Å². The quantitative estimate of drug-likeness (QED) is 0.920. The van der Waals surface area contributed by atoms with Crippen molar-refractivity contribution in [1.82, 2.24) is 4.98 Å². The van der Waals surface area contributed by atoms with E-state index in [1.165, 1.54) is 12.3 Å². The third kappa shape index (κ3) is 2.80. The van der Waals surface area contributed by atoms with E-state index in [-0.39, 0.29) is 5.82 Å². The molecule has 0 atom stereocenters. The van der Waals surface area contributed by atoms with Gasteiger partial charge in [-0.1, -0.05) is 15.9 Å². The van der Waals surface area contributed by atoms with Gasteiger partial charge >= 0.3 is 0 Å². The molecular formula is C12H7BrFN3. The summed E-state index contributed by atoms with van der Waals surface area (Å²) in [4.78, 5) is 3.89. The summed E-state index contributed by atoms with van der Waals surface area (Å²) in [6.07, 6.45) is 1.49. The summed E-state index contributed by atoms with van der Waals surface area (Å²) in [5.74, 6) is -0.349. The van der Waals surface area contributed by atoms with E-state index >= 15 is 0 Å². The van der Waals surface area contributed by atoms with Gasteiger partial charge in [0, 0.05) is 4.47 Å². The Morgan fingerprint density at radius 3 is 2.76 bits per heavy atom. The second kappa shape index (κ2) is 4.93. The zero-order valence-corrected chi connectivity index (χ0v) is 10.2. The van der Waals surface area contributed by atoms with Crippen LogP contribution in [0.15, 0.2) is 41.0 Å². The largest absolute Gasteiger partial charge is 0.352 e. The molecule has 1 heterocycles. The molecule has 3 nitrogen and oxygen atoms in total. The average molecular weight is 292 g/mol. The lowest BCUT2D eigenvalue weighted by Crippen LogP contribution is -1.95. The second-order valence-corrected chi connectivity index (χ2v) is 4.21. The molecular weight excluding hydrogens is 285 g/mol. The average Bonchev–Trinajstić information content (AvgIpc) is 2.35. The summed E-state index contributed by atoms with van der Waals surface area (Å²) < 4.78 is 14.2. The zero-order chi connectivity index (χ0) is 12.3. The molecule has 0 bridgehead atoms. The van der Waals surface area contributed by atoms with Crippen molar-refractivity contribution in [3.8, 4) is 6.07 Å².